The van der Waals surface area contributed by atoms with Crippen molar-refractivity contribution in [3.05, 3.63) is 29.3 Å². The van der Waals surface area contributed by atoms with E-state index in [-0.39, 0.29) is 29.6 Å². The maximum Gasteiger partial charge on any atom is 0.274 e. The second kappa shape index (κ2) is 6.79. The van der Waals surface area contributed by atoms with Crippen LogP contribution in [-0.2, 0) is 14.6 Å². The van der Waals surface area contributed by atoms with Crippen LogP contribution in [0, 0.1) is 0 Å². The molecule has 0 saturated carbocycles. The Morgan fingerprint density at radius 1 is 1.42 bits per heavy atom. The first-order valence-corrected chi connectivity index (χ1v) is 11.4. The van der Waals surface area contributed by atoms with E-state index in [2.05, 4.69) is 5.10 Å². The lowest BCUT2D eigenvalue weighted by Gasteiger charge is -2.30. The highest BCUT2D eigenvalue weighted by atomic mass is 32.2. The zero-order valence-electron chi connectivity index (χ0n) is 14.5. The molecule has 2 aromatic heterocycles. The fourth-order valence-electron chi connectivity index (χ4n) is 3.52. The highest BCUT2D eigenvalue weighted by Crippen LogP contribution is 2.32. The molecule has 2 aromatic rings. The van der Waals surface area contributed by atoms with E-state index in [1.165, 1.54) is 0 Å². The van der Waals surface area contributed by atoms with E-state index in [0.29, 0.717) is 31.8 Å². The van der Waals surface area contributed by atoms with Gasteiger partial charge < -0.3 is 9.64 Å². The van der Waals surface area contributed by atoms with E-state index in [0.717, 1.165) is 10.6 Å². The highest BCUT2D eigenvalue weighted by Gasteiger charge is 2.33. The first-order valence-electron chi connectivity index (χ1n) is 8.68. The predicted octanol–water partition coefficient (Wildman–Crippen LogP) is 1.83. The summed E-state index contributed by atoms with van der Waals surface area (Å²) in [6, 6.07) is 5.47. The van der Waals surface area contributed by atoms with Crippen LogP contribution in [0.2, 0.25) is 0 Å². The summed E-state index contributed by atoms with van der Waals surface area (Å²) in [6.45, 7) is 3.55. The van der Waals surface area contributed by atoms with Gasteiger partial charge in [-0.3, -0.25) is 9.48 Å². The third kappa shape index (κ3) is 3.43. The normalized spacial score (nSPS) is 25.5. The number of aromatic nitrogens is 2. The van der Waals surface area contributed by atoms with E-state index in [4.69, 9.17) is 4.74 Å². The minimum Gasteiger partial charge on any atom is -0.375 e. The summed E-state index contributed by atoms with van der Waals surface area (Å²) in [6.07, 6.45) is 0.538. The molecule has 2 aliphatic rings. The number of thiophene rings is 1. The van der Waals surface area contributed by atoms with Crippen molar-refractivity contribution in [2.45, 2.75) is 25.5 Å². The Morgan fingerprint density at radius 2 is 2.27 bits per heavy atom. The van der Waals surface area contributed by atoms with Crippen molar-refractivity contribution in [2.75, 3.05) is 31.2 Å². The number of carbonyl (C=O) groups excluding carboxylic acids is 1. The van der Waals surface area contributed by atoms with Gasteiger partial charge in [-0.05, 0) is 30.9 Å². The second-order valence-corrected chi connectivity index (χ2v) is 10.0. The lowest BCUT2D eigenvalue weighted by molar-refractivity contribution is -0.0126. The van der Waals surface area contributed by atoms with Crippen LogP contribution in [0.3, 0.4) is 0 Å². The number of rotatable bonds is 3. The molecule has 0 radical (unpaired) electrons. The van der Waals surface area contributed by atoms with Gasteiger partial charge in [0.1, 0.15) is 0 Å². The Bertz CT molecular complexity index is 905. The SMILES string of the molecule is CC1CN(C(=O)c2cc(-c3cccs3)n(C3CCS(=O)(=O)C3)n2)CCO1. The predicted molar refractivity (Wildman–Crippen MR) is 99.2 cm³/mol. The quantitative estimate of drug-likeness (QED) is 0.792. The summed E-state index contributed by atoms with van der Waals surface area (Å²) < 4.78 is 31.1. The lowest BCUT2D eigenvalue weighted by atomic mass is 10.2. The number of morpholine rings is 1. The Labute approximate surface area is 156 Å². The molecule has 0 aliphatic carbocycles. The smallest absolute Gasteiger partial charge is 0.274 e. The van der Waals surface area contributed by atoms with Crippen LogP contribution in [0.4, 0.5) is 0 Å². The number of sulfone groups is 1. The molecule has 2 saturated heterocycles. The monoisotopic (exact) mass is 395 g/mol. The molecular weight excluding hydrogens is 374 g/mol. The summed E-state index contributed by atoms with van der Waals surface area (Å²) in [5, 5.41) is 6.50. The van der Waals surface area contributed by atoms with Crippen LogP contribution in [0.1, 0.15) is 29.9 Å². The number of carbonyl (C=O) groups is 1. The maximum atomic E-state index is 12.9. The van der Waals surface area contributed by atoms with Crippen molar-refractivity contribution in [1.82, 2.24) is 14.7 Å². The Balaban J connectivity index is 1.68. The van der Waals surface area contributed by atoms with E-state index in [9.17, 15) is 13.2 Å². The van der Waals surface area contributed by atoms with Crippen molar-refractivity contribution in [2.24, 2.45) is 0 Å². The Morgan fingerprint density at radius 3 is 2.92 bits per heavy atom. The molecule has 0 N–H and O–H groups in total. The van der Waals surface area contributed by atoms with Gasteiger partial charge in [0.15, 0.2) is 15.5 Å². The number of hydrogen-bond donors (Lipinski definition) is 0. The van der Waals surface area contributed by atoms with E-state index < -0.39 is 9.84 Å². The molecule has 2 unspecified atom stereocenters. The van der Waals surface area contributed by atoms with Crippen molar-refractivity contribution in [1.29, 1.82) is 0 Å². The van der Waals surface area contributed by atoms with Crippen LogP contribution in [0.15, 0.2) is 23.6 Å². The average molecular weight is 396 g/mol. The maximum absolute atomic E-state index is 12.9. The van der Waals surface area contributed by atoms with Gasteiger partial charge >= 0.3 is 0 Å². The molecule has 4 heterocycles. The molecule has 0 spiro atoms. The fourth-order valence-corrected chi connectivity index (χ4v) is 5.94. The van der Waals surface area contributed by atoms with Gasteiger partial charge in [0.2, 0.25) is 0 Å². The topological polar surface area (TPSA) is 81.5 Å². The molecule has 4 rings (SSSR count). The summed E-state index contributed by atoms with van der Waals surface area (Å²) in [5.41, 5.74) is 1.18. The molecule has 140 valence electrons. The van der Waals surface area contributed by atoms with Crippen molar-refractivity contribution in [3.8, 4) is 10.6 Å². The van der Waals surface area contributed by atoms with Crippen LogP contribution in [-0.4, -0.2) is 66.3 Å². The molecular formula is C17H21N3O4S2. The molecule has 9 heteroatoms. The lowest BCUT2D eigenvalue weighted by Crippen LogP contribution is -2.44. The minimum atomic E-state index is -3.04. The van der Waals surface area contributed by atoms with Crippen LogP contribution in [0.5, 0.6) is 0 Å². The third-order valence-corrected chi connectivity index (χ3v) is 7.45. The van der Waals surface area contributed by atoms with Crippen molar-refractivity contribution >= 4 is 27.1 Å². The van der Waals surface area contributed by atoms with E-state index in [1.807, 2.05) is 24.4 Å². The molecule has 26 heavy (non-hydrogen) atoms. The molecule has 2 atom stereocenters. The zero-order valence-corrected chi connectivity index (χ0v) is 16.1. The second-order valence-electron chi connectivity index (χ2n) is 6.83. The number of ether oxygens (including phenoxy) is 1. The first-order chi connectivity index (χ1) is 12.4. The average Bonchev–Trinajstić information content (AvgIpc) is 3.32. The van der Waals surface area contributed by atoms with E-state index >= 15 is 0 Å². The molecule has 7 nitrogen and oxygen atoms in total. The van der Waals surface area contributed by atoms with Crippen molar-refractivity contribution < 1.29 is 17.9 Å². The van der Waals surface area contributed by atoms with Crippen LogP contribution < -0.4 is 0 Å². The summed E-state index contributed by atoms with van der Waals surface area (Å²) in [7, 11) is -3.04. The molecule has 2 aliphatic heterocycles. The molecule has 0 bridgehead atoms. The van der Waals surface area contributed by atoms with Gasteiger partial charge in [0.05, 0.1) is 40.8 Å². The summed E-state index contributed by atoms with van der Waals surface area (Å²) >= 11 is 1.55. The number of hydrogen-bond acceptors (Lipinski definition) is 6. The zero-order chi connectivity index (χ0) is 18.3. The first kappa shape index (κ1) is 17.7. The van der Waals surface area contributed by atoms with Gasteiger partial charge in [0, 0.05) is 13.1 Å². The number of amides is 1. The van der Waals surface area contributed by atoms with Gasteiger partial charge in [-0.15, -0.1) is 11.3 Å². The van der Waals surface area contributed by atoms with Gasteiger partial charge in [-0.1, -0.05) is 6.07 Å². The minimum absolute atomic E-state index is 0.00604. The van der Waals surface area contributed by atoms with Crippen LogP contribution in [0.25, 0.3) is 10.6 Å². The van der Waals surface area contributed by atoms with Crippen LogP contribution >= 0.6 is 11.3 Å². The fraction of sp³-hybridized carbons (Fsp3) is 0.529. The molecule has 0 aromatic carbocycles. The van der Waals surface area contributed by atoms with E-state index in [1.54, 1.807) is 27.0 Å². The Kier molecular flexibility index (Phi) is 4.62. The summed E-state index contributed by atoms with van der Waals surface area (Å²) in [4.78, 5) is 15.6. The van der Waals surface area contributed by atoms with Gasteiger partial charge in [0.25, 0.3) is 5.91 Å². The highest BCUT2D eigenvalue weighted by molar-refractivity contribution is 7.91. The van der Waals surface area contributed by atoms with Gasteiger partial charge in [-0.2, -0.15) is 5.10 Å². The number of nitrogens with zero attached hydrogens (tertiary/aromatic N) is 3. The molecule has 2 fully saturated rings. The Hall–Kier alpha value is -1.71. The third-order valence-electron chi connectivity index (χ3n) is 4.81. The standard InChI is InChI=1S/C17H21N3O4S2/c1-12-10-19(5-6-24-12)17(21)14-9-15(16-3-2-7-25-16)20(18-14)13-4-8-26(22,23)11-13/h2-3,7,9,12-13H,4-6,8,10-11H2,1H3. The van der Waals surface area contributed by atoms with Gasteiger partial charge in [-0.25, -0.2) is 8.42 Å². The largest absolute Gasteiger partial charge is 0.375 e. The molecule has 1 amide bonds. The summed E-state index contributed by atoms with van der Waals surface area (Å²) in [5.74, 6) is 0.124. The van der Waals surface area contributed by atoms with Crippen molar-refractivity contribution in [3.63, 3.8) is 0 Å².